The molecule has 1 fully saturated rings. The molecular weight excluding hydrogens is 484 g/mol. The number of nitrogens with zero attached hydrogens (tertiary/aromatic N) is 4. The van der Waals surface area contributed by atoms with Gasteiger partial charge < -0.3 is 9.64 Å². The highest BCUT2D eigenvalue weighted by molar-refractivity contribution is 7.89. The van der Waals surface area contributed by atoms with E-state index in [1.165, 1.54) is 0 Å². The van der Waals surface area contributed by atoms with Crippen molar-refractivity contribution in [2.24, 2.45) is 0 Å². The lowest BCUT2D eigenvalue weighted by Crippen LogP contribution is -2.49. The first-order valence-corrected chi connectivity index (χ1v) is 14.0. The fourth-order valence-corrected chi connectivity index (χ4v) is 5.80. The van der Waals surface area contributed by atoms with Gasteiger partial charge in [0, 0.05) is 37.9 Å². The summed E-state index contributed by atoms with van der Waals surface area (Å²) in [5, 5.41) is 0. The van der Waals surface area contributed by atoms with Gasteiger partial charge in [-0.2, -0.15) is 4.31 Å². The molecule has 1 aliphatic heterocycles. The fourth-order valence-electron chi connectivity index (χ4n) is 4.37. The molecule has 0 spiro atoms. The van der Waals surface area contributed by atoms with Crippen LogP contribution in [0.3, 0.4) is 0 Å². The van der Waals surface area contributed by atoms with Crippen molar-refractivity contribution in [2.75, 3.05) is 31.1 Å². The molecule has 7 nitrogen and oxygen atoms in total. The first-order valence-electron chi connectivity index (χ1n) is 12.5. The highest BCUT2D eigenvalue weighted by Gasteiger charge is 2.29. The second-order valence-electron chi connectivity index (χ2n) is 8.97. The summed E-state index contributed by atoms with van der Waals surface area (Å²) in [7, 11) is -3.52. The molecule has 3 aromatic carbocycles. The van der Waals surface area contributed by atoms with Crippen LogP contribution >= 0.6 is 0 Å². The number of sulfonamides is 1. The van der Waals surface area contributed by atoms with Crippen LogP contribution in [0.4, 0.5) is 5.95 Å². The van der Waals surface area contributed by atoms with E-state index < -0.39 is 10.0 Å². The van der Waals surface area contributed by atoms with Crippen molar-refractivity contribution in [3.8, 4) is 22.8 Å². The van der Waals surface area contributed by atoms with E-state index in [1.54, 1.807) is 22.6 Å². The molecule has 0 bridgehead atoms. The standard InChI is InChI=1S/C29H30N4O3S/c1-2-6-23-9-15-27(16-10-23)37(34,35)33-21-19-32(20-22-33)29-30-18-17-28(31-29)24-11-13-26(14-12-24)36-25-7-4-3-5-8-25/h3-5,7-18H,2,6,19-22H2,1H3. The molecule has 0 saturated carbocycles. The average Bonchev–Trinajstić information content (AvgIpc) is 2.95. The van der Waals surface area contributed by atoms with Crippen molar-refractivity contribution in [3.63, 3.8) is 0 Å². The van der Waals surface area contributed by atoms with Gasteiger partial charge in [0.25, 0.3) is 0 Å². The van der Waals surface area contributed by atoms with Gasteiger partial charge in [-0.05, 0) is 66.6 Å². The van der Waals surface area contributed by atoms with Crippen molar-refractivity contribution in [1.82, 2.24) is 14.3 Å². The van der Waals surface area contributed by atoms with Crippen LogP contribution in [0.25, 0.3) is 11.3 Å². The molecule has 2 heterocycles. The smallest absolute Gasteiger partial charge is 0.243 e. The largest absolute Gasteiger partial charge is 0.457 e. The molecule has 1 aromatic heterocycles. The number of anilines is 1. The van der Waals surface area contributed by atoms with E-state index in [4.69, 9.17) is 9.72 Å². The molecule has 5 rings (SSSR count). The van der Waals surface area contributed by atoms with E-state index >= 15 is 0 Å². The summed E-state index contributed by atoms with van der Waals surface area (Å²) in [4.78, 5) is 11.6. The molecular formula is C29H30N4O3S. The predicted molar refractivity (Wildman–Crippen MR) is 145 cm³/mol. The predicted octanol–water partition coefficient (Wildman–Crippen LogP) is 5.40. The Morgan fingerprint density at radius 3 is 2.16 bits per heavy atom. The zero-order valence-electron chi connectivity index (χ0n) is 20.8. The molecule has 190 valence electrons. The minimum atomic E-state index is -3.52. The molecule has 1 aliphatic rings. The number of ether oxygens (including phenoxy) is 1. The van der Waals surface area contributed by atoms with Crippen LogP contribution in [0.5, 0.6) is 11.5 Å². The molecule has 4 aromatic rings. The van der Waals surface area contributed by atoms with E-state index in [1.807, 2.05) is 77.7 Å². The van der Waals surface area contributed by atoms with E-state index in [0.29, 0.717) is 37.0 Å². The van der Waals surface area contributed by atoms with Gasteiger partial charge in [-0.3, -0.25) is 0 Å². The van der Waals surface area contributed by atoms with Gasteiger partial charge >= 0.3 is 0 Å². The monoisotopic (exact) mass is 514 g/mol. The van der Waals surface area contributed by atoms with E-state index in [0.717, 1.165) is 41.2 Å². The zero-order chi connectivity index (χ0) is 25.7. The lowest BCUT2D eigenvalue weighted by Gasteiger charge is -2.34. The summed E-state index contributed by atoms with van der Waals surface area (Å²) in [5.74, 6) is 2.14. The third-order valence-corrected chi connectivity index (χ3v) is 8.31. The van der Waals surface area contributed by atoms with E-state index in [-0.39, 0.29) is 0 Å². The molecule has 0 radical (unpaired) electrons. The van der Waals surface area contributed by atoms with Crippen LogP contribution in [0, 0.1) is 0 Å². The number of aryl methyl sites for hydroxylation is 1. The van der Waals surface area contributed by atoms with Gasteiger partial charge in [0.05, 0.1) is 10.6 Å². The topological polar surface area (TPSA) is 75.6 Å². The Hall–Kier alpha value is -3.75. The van der Waals surface area contributed by atoms with Crippen molar-refractivity contribution in [1.29, 1.82) is 0 Å². The average molecular weight is 515 g/mol. The number of benzene rings is 3. The maximum absolute atomic E-state index is 13.1. The summed E-state index contributed by atoms with van der Waals surface area (Å²) in [6.45, 7) is 3.94. The first kappa shape index (κ1) is 24.9. The Bertz CT molecular complexity index is 1420. The SMILES string of the molecule is CCCc1ccc(S(=O)(=O)N2CCN(c3nccc(-c4ccc(Oc5ccccc5)cc4)n3)CC2)cc1. The lowest BCUT2D eigenvalue weighted by molar-refractivity contribution is 0.382. The number of piperazine rings is 1. The molecule has 8 heteroatoms. The Kier molecular flexibility index (Phi) is 7.48. The molecule has 0 atom stereocenters. The molecule has 1 saturated heterocycles. The molecule has 0 aliphatic carbocycles. The maximum atomic E-state index is 13.1. The van der Waals surface area contributed by atoms with E-state index in [2.05, 4.69) is 11.9 Å². The lowest BCUT2D eigenvalue weighted by atomic mass is 10.1. The van der Waals surface area contributed by atoms with Gasteiger partial charge in [-0.1, -0.05) is 43.7 Å². The third kappa shape index (κ3) is 5.81. The van der Waals surface area contributed by atoms with Gasteiger partial charge in [0.15, 0.2) is 0 Å². The fraction of sp³-hybridized carbons (Fsp3) is 0.241. The van der Waals surface area contributed by atoms with Crippen LogP contribution in [0.2, 0.25) is 0 Å². The molecule has 37 heavy (non-hydrogen) atoms. The zero-order valence-corrected chi connectivity index (χ0v) is 21.6. The minimum Gasteiger partial charge on any atom is -0.457 e. The highest BCUT2D eigenvalue weighted by Crippen LogP contribution is 2.26. The Balaban J connectivity index is 1.23. The van der Waals surface area contributed by atoms with Gasteiger partial charge in [-0.15, -0.1) is 0 Å². The van der Waals surface area contributed by atoms with Crippen LogP contribution in [-0.2, 0) is 16.4 Å². The molecule has 0 unspecified atom stereocenters. The summed E-state index contributed by atoms with van der Waals surface area (Å²) >= 11 is 0. The molecule has 0 N–H and O–H groups in total. The maximum Gasteiger partial charge on any atom is 0.243 e. The number of aromatic nitrogens is 2. The number of hydrogen-bond acceptors (Lipinski definition) is 6. The Morgan fingerprint density at radius 1 is 0.811 bits per heavy atom. The summed E-state index contributed by atoms with van der Waals surface area (Å²) in [6.07, 6.45) is 3.72. The van der Waals surface area contributed by atoms with Crippen LogP contribution < -0.4 is 9.64 Å². The van der Waals surface area contributed by atoms with E-state index in [9.17, 15) is 8.42 Å². The first-order chi connectivity index (χ1) is 18.0. The van der Waals surface area contributed by atoms with Crippen molar-refractivity contribution in [3.05, 3.63) is 96.7 Å². The molecule has 0 amide bonds. The van der Waals surface area contributed by atoms with Gasteiger partial charge in [0.1, 0.15) is 11.5 Å². The van der Waals surface area contributed by atoms with Crippen molar-refractivity contribution in [2.45, 2.75) is 24.7 Å². The number of rotatable bonds is 8. The van der Waals surface area contributed by atoms with Gasteiger partial charge in [-0.25, -0.2) is 18.4 Å². The van der Waals surface area contributed by atoms with Crippen LogP contribution in [-0.4, -0.2) is 48.9 Å². The Morgan fingerprint density at radius 2 is 1.49 bits per heavy atom. The normalized spacial score (nSPS) is 14.5. The second kappa shape index (κ2) is 11.1. The Labute approximate surface area is 218 Å². The number of hydrogen-bond donors (Lipinski definition) is 0. The van der Waals surface area contributed by atoms with Crippen molar-refractivity contribution < 1.29 is 13.2 Å². The minimum absolute atomic E-state index is 0.346. The van der Waals surface area contributed by atoms with Crippen molar-refractivity contribution >= 4 is 16.0 Å². The van der Waals surface area contributed by atoms with Crippen LogP contribution in [0.1, 0.15) is 18.9 Å². The quantitative estimate of drug-likeness (QED) is 0.313. The highest BCUT2D eigenvalue weighted by atomic mass is 32.2. The van der Waals surface area contributed by atoms with Crippen LogP contribution in [0.15, 0.2) is 96.0 Å². The number of para-hydroxylation sites is 1. The third-order valence-electron chi connectivity index (χ3n) is 6.39. The summed E-state index contributed by atoms with van der Waals surface area (Å²) < 4.78 is 33.7. The summed E-state index contributed by atoms with van der Waals surface area (Å²) in [6, 6.07) is 26.6. The summed E-state index contributed by atoms with van der Waals surface area (Å²) in [5.41, 5.74) is 2.91. The second-order valence-corrected chi connectivity index (χ2v) is 10.9. The van der Waals surface area contributed by atoms with Gasteiger partial charge in [0.2, 0.25) is 16.0 Å².